The summed E-state index contributed by atoms with van der Waals surface area (Å²) in [6, 6.07) is 17.2. The minimum atomic E-state index is -0.410. The summed E-state index contributed by atoms with van der Waals surface area (Å²) in [4.78, 5) is 11.9. The summed E-state index contributed by atoms with van der Waals surface area (Å²) in [7, 11) is 3.44. The second kappa shape index (κ2) is 6.07. The van der Waals surface area contributed by atoms with Crippen LogP contribution in [0.1, 0.15) is 5.56 Å². The first kappa shape index (κ1) is 14.6. The molecule has 0 heterocycles. The number of halogens is 1. The van der Waals surface area contributed by atoms with Gasteiger partial charge >= 0.3 is 5.37 Å². The predicted molar refractivity (Wildman–Crippen MR) is 82.1 cm³/mol. The molecule has 2 aromatic carbocycles. The minimum absolute atomic E-state index is 0.0225. The number of nitrogens with zero attached hydrogens (tertiary/aromatic N) is 1. The quantitative estimate of drug-likeness (QED) is 0.479. The van der Waals surface area contributed by atoms with Crippen LogP contribution in [0.3, 0.4) is 0 Å². The Balaban J connectivity index is 2.32. The van der Waals surface area contributed by atoms with E-state index in [0.717, 1.165) is 17.0 Å². The zero-order valence-electron chi connectivity index (χ0n) is 11.5. The molecule has 0 spiro atoms. The Morgan fingerprint density at radius 2 is 1.70 bits per heavy atom. The van der Waals surface area contributed by atoms with Crippen molar-refractivity contribution in [1.82, 2.24) is 4.48 Å². The molecule has 0 N–H and O–H groups in total. The number of para-hydroxylation sites is 1. The molecule has 0 aromatic heterocycles. The number of rotatable bonds is 4. The van der Waals surface area contributed by atoms with Crippen LogP contribution in [0.2, 0.25) is 0 Å². The molecule has 3 nitrogen and oxygen atoms in total. The third-order valence-electron chi connectivity index (χ3n) is 3.37. The summed E-state index contributed by atoms with van der Waals surface area (Å²) in [5.41, 5.74) is 1.88. The van der Waals surface area contributed by atoms with Crippen molar-refractivity contribution in [2.24, 2.45) is 0 Å². The molecule has 4 heteroatoms. The van der Waals surface area contributed by atoms with E-state index in [1.165, 1.54) is 0 Å². The summed E-state index contributed by atoms with van der Waals surface area (Å²) < 4.78 is 5.16. The molecule has 1 unspecified atom stereocenters. The van der Waals surface area contributed by atoms with Gasteiger partial charge < -0.3 is 4.74 Å². The predicted octanol–water partition coefficient (Wildman–Crippen LogP) is 4.19. The van der Waals surface area contributed by atoms with Crippen molar-refractivity contribution >= 4 is 22.7 Å². The average molecular weight is 291 g/mol. The van der Waals surface area contributed by atoms with Gasteiger partial charge in [-0.15, -0.1) is 0 Å². The van der Waals surface area contributed by atoms with Gasteiger partial charge in [0, 0.05) is 17.2 Å². The molecule has 20 heavy (non-hydrogen) atoms. The molecular weight excluding hydrogens is 274 g/mol. The van der Waals surface area contributed by atoms with Gasteiger partial charge in [0.2, 0.25) is 0 Å². The summed E-state index contributed by atoms with van der Waals surface area (Å²) in [5.74, 6) is 0.792. The molecule has 1 atom stereocenters. The van der Waals surface area contributed by atoms with Crippen molar-refractivity contribution in [2.75, 3.05) is 14.2 Å². The maximum absolute atomic E-state index is 11.9. The van der Waals surface area contributed by atoms with Crippen LogP contribution in [0, 0.1) is 0 Å². The third kappa shape index (κ3) is 3.00. The van der Waals surface area contributed by atoms with Gasteiger partial charge in [-0.05, 0) is 36.4 Å². The Labute approximate surface area is 123 Å². The van der Waals surface area contributed by atoms with Gasteiger partial charge in [-0.25, -0.2) is 9.28 Å². The van der Waals surface area contributed by atoms with Crippen LogP contribution in [-0.2, 0) is 6.54 Å². The molecule has 2 aromatic rings. The SMILES string of the molecule is COc1ccc(C[N+](C)(C(=O)Cl)c2ccccc2)cc1. The number of quaternary nitrogens is 1. The number of carbonyl (C=O) groups is 1. The average Bonchev–Trinajstić information content (AvgIpc) is 2.48. The van der Waals surface area contributed by atoms with E-state index in [9.17, 15) is 4.79 Å². The molecule has 1 amide bonds. The van der Waals surface area contributed by atoms with Crippen LogP contribution in [0.5, 0.6) is 5.75 Å². The zero-order chi connectivity index (χ0) is 14.6. The van der Waals surface area contributed by atoms with Crippen LogP contribution >= 0.6 is 11.6 Å². The molecule has 104 valence electrons. The number of methoxy groups -OCH3 is 1. The number of hydrogen-bond acceptors (Lipinski definition) is 2. The lowest BCUT2D eigenvalue weighted by Crippen LogP contribution is -2.46. The molecule has 0 fully saturated rings. The summed E-state index contributed by atoms with van der Waals surface area (Å²) in [6.07, 6.45) is 0. The molecule has 0 aliphatic heterocycles. The first-order chi connectivity index (χ1) is 9.56. The first-order valence-corrected chi connectivity index (χ1v) is 6.68. The number of hydrogen-bond donors (Lipinski definition) is 0. The van der Waals surface area contributed by atoms with E-state index in [-0.39, 0.29) is 4.48 Å². The van der Waals surface area contributed by atoms with E-state index in [1.807, 2.05) is 61.6 Å². The third-order valence-corrected chi connectivity index (χ3v) is 3.75. The lowest BCUT2D eigenvalue weighted by Gasteiger charge is -2.28. The van der Waals surface area contributed by atoms with Crippen LogP contribution in [0.15, 0.2) is 54.6 Å². The fourth-order valence-corrected chi connectivity index (χ4v) is 2.27. The van der Waals surface area contributed by atoms with Crippen molar-refractivity contribution < 1.29 is 9.53 Å². The topological polar surface area (TPSA) is 26.3 Å². The number of benzene rings is 2. The lowest BCUT2D eigenvalue weighted by atomic mass is 10.1. The summed E-state index contributed by atoms with van der Waals surface area (Å²) in [6.45, 7) is 0.496. The van der Waals surface area contributed by atoms with E-state index < -0.39 is 5.37 Å². The standard InChI is InChI=1S/C16H17ClNO2/c1-18(16(17)19,14-6-4-3-5-7-14)12-13-8-10-15(20-2)11-9-13/h3-11H,12H2,1-2H3/q+1. The van der Waals surface area contributed by atoms with E-state index in [1.54, 1.807) is 7.11 Å². The summed E-state index contributed by atoms with van der Waals surface area (Å²) in [5, 5.41) is -0.410. The Hall–Kier alpha value is -1.84. The highest BCUT2D eigenvalue weighted by Crippen LogP contribution is 2.26. The fourth-order valence-electron chi connectivity index (χ4n) is 2.11. The van der Waals surface area contributed by atoms with Gasteiger partial charge in [-0.3, -0.25) is 0 Å². The van der Waals surface area contributed by atoms with E-state index in [0.29, 0.717) is 6.54 Å². The van der Waals surface area contributed by atoms with Crippen molar-refractivity contribution in [1.29, 1.82) is 0 Å². The van der Waals surface area contributed by atoms with Gasteiger partial charge in [0.15, 0.2) is 0 Å². The minimum Gasteiger partial charge on any atom is -0.497 e. The van der Waals surface area contributed by atoms with E-state index >= 15 is 0 Å². The largest absolute Gasteiger partial charge is 0.497 e. The van der Waals surface area contributed by atoms with Gasteiger partial charge in [0.1, 0.15) is 18.0 Å². The first-order valence-electron chi connectivity index (χ1n) is 6.30. The molecule has 0 saturated carbocycles. The fraction of sp³-hybridized carbons (Fsp3) is 0.188. The van der Waals surface area contributed by atoms with Gasteiger partial charge in [0.05, 0.1) is 14.2 Å². The number of carbonyl (C=O) groups excluding carboxylic acids is 1. The zero-order valence-corrected chi connectivity index (χ0v) is 12.3. The Morgan fingerprint density at radius 1 is 1.10 bits per heavy atom. The highest BCUT2D eigenvalue weighted by molar-refractivity contribution is 6.64. The van der Waals surface area contributed by atoms with E-state index in [2.05, 4.69) is 0 Å². The Kier molecular flexibility index (Phi) is 4.42. The second-order valence-corrected chi connectivity index (χ2v) is 5.11. The van der Waals surface area contributed by atoms with Crippen LogP contribution in [0.4, 0.5) is 10.5 Å². The second-order valence-electron chi connectivity index (χ2n) is 4.79. The van der Waals surface area contributed by atoms with Crippen molar-refractivity contribution in [3.63, 3.8) is 0 Å². The van der Waals surface area contributed by atoms with Gasteiger partial charge in [-0.2, -0.15) is 0 Å². The number of ether oxygens (including phenoxy) is 1. The number of amides is 1. The monoisotopic (exact) mass is 290 g/mol. The van der Waals surface area contributed by atoms with Crippen molar-refractivity contribution in [2.45, 2.75) is 6.54 Å². The van der Waals surface area contributed by atoms with Gasteiger partial charge in [0.25, 0.3) is 0 Å². The lowest BCUT2D eigenvalue weighted by molar-refractivity contribution is 0.230. The van der Waals surface area contributed by atoms with Crippen LogP contribution in [-0.4, -0.2) is 19.5 Å². The molecule has 0 aliphatic carbocycles. The highest BCUT2D eigenvalue weighted by atomic mass is 35.5. The van der Waals surface area contributed by atoms with Crippen LogP contribution < -0.4 is 9.22 Å². The van der Waals surface area contributed by atoms with Gasteiger partial charge in [-0.1, -0.05) is 18.2 Å². The molecule has 0 radical (unpaired) electrons. The highest BCUT2D eigenvalue weighted by Gasteiger charge is 2.33. The van der Waals surface area contributed by atoms with Crippen molar-refractivity contribution in [3.8, 4) is 5.75 Å². The maximum Gasteiger partial charge on any atom is 0.416 e. The van der Waals surface area contributed by atoms with E-state index in [4.69, 9.17) is 16.3 Å². The maximum atomic E-state index is 11.9. The molecule has 0 bridgehead atoms. The molecular formula is C16H17ClNO2+. The summed E-state index contributed by atoms with van der Waals surface area (Å²) >= 11 is 5.84. The molecule has 0 aliphatic rings. The van der Waals surface area contributed by atoms with Crippen molar-refractivity contribution in [3.05, 3.63) is 60.2 Å². The normalized spacial score (nSPS) is 13.6. The smallest absolute Gasteiger partial charge is 0.416 e. The Bertz CT molecular complexity index is 583. The van der Waals surface area contributed by atoms with Crippen LogP contribution in [0.25, 0.3) is 0 Å². The molecule has 2 rings (SSSR count). The Morgan fingerprint density at radius 3 is 2.20 bits per heavy atom. The molecule has 0 saturated heterocycles.